The minimum absolute atomic E-state index is 0. The van der Waals surface area contributed by atoms with Gasteiger partial charge in [0.2, 0.25) is 5.91 Å². The predicted octanol–water partition coefficient (Wildman–Crippen LogP) is 2.66. The first-order valence-electron chi connectivity index (χ1n) is 6.29. The zero-order valence-electron chi connectivity index (χ0n) is 11.0. The summed E-state index contributed by atoms with van der Waals surface area (Å²) in [7, 11) is 0. The molecule has 1 amide bonds. The summed E-state index contributed by atoms with van der Waals surface area (Å²) >= 11 is 3.41. The summed E-state index contributed by atoms with van der Waals surface area (Å²) < 4.78 is 0.997. The summed E-state index contributed by atoms with van der Waals surface area (Å²) in [6.45, 7) is 2.55. The highest BCUT2D eigenvalue weighted by atomic mass is 79.9. The summed E-state index contributed by atoms with van der Waals surface area (Å²) in [6.07, 6.45) is 2.75. The van der Waals surface area contributed by atoms with Gasteiger partial charge in [-0.2, -0.15) is 0 Å². The summed E-state index contributed by atoms with van der Waals surface area (Å²) in [5.74, 6) is 0.599. The Hall–Kier alpha value is -0.580. The molecular weight excluding hydrogens is 328 g/mol. The molecule has 0 radical (unpaired) electrons. The topological polar surface area (TPSA) is 55.1 Å². The molecule has 106 valence electrons. The van der Waals surface area contributed by atoms with Gasteiger partial charge in [0.25, 0.3) is 0 Å². The van der Waals surface area contributed by atoms with Crippen LogP contribution in [0.5, 0.6) is 0 Å². The van der Waals surface area contributed by atoms with Crippen LogP contribution in [-0.2, 0) is 11.2 Å². The molecule has 1 aliphatic rings. The SMILES string of the molecule is CC(CN)(NC(=O)Cc1cccc(Br)c1)C1CC1.Cl. The van der Waals surface area contributed by atoms with Crippen LogP contribution in [0.3, 0.4) is 0 Å². The van der Waals surface area contributed by atoms with Crippen LogP contribution < -0.4 is 11.1 Å². The summed E-state index contributed by atoms with van der Waals surface area (Å²) in [4.78, 5) is 12.0. The van der Waals surface area contributed by atoms with Gasteiger partial charge in [0.15, 0.2) is 0 Å². The van der Waals surface area contributed by atoms with Crippen LogP contribution >= 0.6 is 28.3 Å². The highest BCUT2D eigenvalue weighted by Crippen LogP contribution is 2.38. The number of nitrogens with two attached hydrogens (primary N) is 1. The lowest BCUT2D eigenvalue weighted by Gasteiger charge is -2.29. The fraction of sp³-hybridized carbons (Fsp3) is 0.500. The number of nitrogens with one attached hydrogen (secondary N) is 1. The maximum atomic E-state index is 12.0. The highest BCUT2D eigenvalue weighted by Gasteiger charge is 2.41. The molecule has 3 nitrogen and oxygen atoms in total. The van der Waals surface area contributed by atoms with Gasteiger partial charge in [0.05, 0.1) is 12.0 Å². The number of rotatable bonds is 5. The Morgan fingerprint density at radius 1 is 1.53 bits per heavy atom. The molecule has 2 rings (SSSR count). The molecule has 0 aliphatic heterocycles. The van der Waals surface area contributed by atoms with Gasteiger partial charge < -0.3 is 11.1 Å². The molecule has 3 N–H and O–H groups in total. The lowest BCUT2D eigenvalue weighted by Crippen LogP contribution is -2.53. The van der Waals surface area contributed by atoms with E-state index in [-0.39, 0.29) is 23.9 Å². The Kier molecular flexibility index (Phi) is 5.83. The molecule has 0 spiro atoms. The van der Waals surface area contributed by atoms with E-state index in [1.54, 1.807) is 0 Å². The third-order valence-electron chi connectivity index (χ3n) is 3.58. The molecule has 0 saturated heterocycles. The van der Waals surface area contributed by atoms with E-state index in [0.717, 1.165) is 10.0 Å². The maximum Gasteiger partial charge on any atom is 0.224 e. The standard InChI is InChI=1S/C14H19BrN2O.ClH/c1-14(9-16,11-5-6-11)17-13(18)8-10-3-2-4-12(15)7-10;/h2-4,7,11H,5-6,8-9,16H2,1H3,(H,17,18);1H. The molecule has 1 aromatic carbocycles. The number of hydrogen-bond acceptors (Lipinski definition) is 2. The summed E-state index contributed by atoms with van der Waals surface area (Å²) in [5, 5.41) is 3.09. The number of hydrogen-bond donors (Lipinski definition) is 2. The lowest BCUT2D eigenvalue weighted by molar-refractivity contribution is -0.122. The Balaban J connectivity index is 0.00000180. The molecule has 0 aromatic heterocycles. The van der Waals surface area contributed by atoms with E-state index in [1.807, 2.05) is 31.2 Å². The zero-order chi connectivity index (χ0) is 13.2. The zero-order valence-corrected chi connectivity index (χ0v) is 13.4. The quantitative estimate of drug-likeness (QED) is 0.860. The van der Waals surface area contributed by atoms with E-state index >= 15 is 0 Å². The van der Waals surface area contributed by atoms with Crippen LogP contribution in [0.25, 0.3) is 0 Å². The van der Waals surface area contributed by atoms with Gasteiger partial charge in [-0.15, -0.1) is 12.4 Å². The van der Waals surface area contributed by atoms with Crippen molar-refractivity contribution in [2.75, 3.05) is 6.54 Å². The smallest absolute Gasteiger partial charge is 0.224 e. The van der Waals surface area contributed by atoms with E-state index in [2.05, 4.69) is 21.2 Å². The van der Waals surface area contributed by atoms with E-state index in [9.17, 15) is 4.79 Å². The average molecular weight is 348 g/mol. The van der Waals surface area contributed by atoms with Gasteiger partial charge in [-0.3, -0.25) is 4.79 Å². The van der Waals surface area contributed by atoms with Crippen molar-refractivity contribution < 1.29 is 4.79 Å². The highest BCUT2D eigenvalue weighted by molar-refractivity contribution is 9.10. The van der Waals surface area contributed by atoms with Crippen LogP contribution in [0.2, 0.25) is 0 Å². The van der Waals surface area contributed by atoms with Gasteiger partial charge >= 0.3 is 0 Å². The van der Waals surface area contributed by atoms with Crippen LogP contribution in [0, 0.1) is 5.92 Å². The molecule has 0 heterocycles. The minimum atomic E-state index is -0.233. The predicted molar refractivity (Wildman–Crippen MR) is 83.4 cm³/mol. The van der Waals surface area contributed by atoms with E-state index in [1.165, 1.54) is 12.8 Å². The number of amides is 1. The molecule has 1 fully saturated rings. The van der Waals surface area contributed by atoms with Crippen molar-refractivity contribution in [3.8, 4) is 0 Å². The number of carbonyl (C=O) groups is 1. The fourth-order valence-corrected chi connectivity index (χ4v) is 2.68. The number of halogens is 2. The van der Waals surface area contributed by atoms with Crippen LogP contribution in [0.15, 0.2) is 28.7 Å². The molecule has 1 atom stereocenters. The molecule has 1 aliphatic carbocycles. The third-order valence-corrected chi connectivity index (χ3v) is 4.07. The Labute approximate surface area is 128 Å². The third kappa shape index (κ3) is 4.48. The molecule has 1 unspecified atom stereocenters. The second-order valence-electron chi connectivity index (χ2n) is 5.25. The number of carbonyl (C=O) groups excluding carboxylic acids is 1. The van der Waals surface area contributed by atoms with E-state index in [4.69, 9.17) is 5.73 Å². The van der Waals surface area contributed by atoms with E-state index < -0.39 is 0 Å². The molecule has 1 aromatic rings. The molecular formula is C14H20BrClN2O. The molecule has 5 heteroatoms. The van der Waals surface area contributed by atoms with Crippen molar-refractivity contribution in [3.05, 3.63) is 34.3 Å². The van der Waals surface area contributed by atoms with Crippen molar-refractivity contribution in [2.24, 2.45) is 11.7 Å². The minimum Gasteiger partial charge on any atom is -0.349 e. The first kappa shape index (κ1) is 16.5. The fourth-order valence-electron chi connectivity index (χ4n) is 2.24. The second-order valence-corrected chi connectivity index (χ2v) is 6.17. The first-order valence-corrected chi connectivity index (χ1v) is 7.08. The summed E-state index contributed by atoms with van der Waals surface area (Å²) in [6, 6.07) is 7.82. The van der Waals surface area contributed by atoms with Crippen LogP contribution in [0.1, 0.15) is 25.3 Å². The Bertz CT molecular complexity index is 451. The number of benzene rings is 1. The average Bonchev–Trinajstić information content (AvgIpc) is 3.12. The molecule has 0 bridgehead atoms. The summed E-state index contributed by atoms with van der Waals surface area (Å²) in [5.41, 5.74) is 6.57. The second kappa shape index (κ2) is 6.73. The van der Waals surface area contributed by atoms with Crippen molar-refractivity contribution >= 4 is 34.2 Å². The van der Waals surface area contributed by atoms with Crippen molar-refractivity contribution in [2.45, 2.75) is 31.7 Å². The van der Waals surface area contributed by atoms with E-state index in [0.29, 0.717) is 18.9 Å². The Morgan fingerprint density at radius 3 is 2.74 bits per heavy atom. The van der Waals surface area contributed by atoms with Crippen LogP contribution in [-0.4, -0.2) is 18.0 Å². The largest absolute Gasteiger partial charge is 0.349 e. The van der Waals surface area contributed by atoms with Gasteiger partial charge in [-0.1, -0.05) is 28.1 Å². The van der Waals surface area contributed by atoms with Crippen molar-refractivity contribution in [3.63, 3.8) is 0 Å². The lowest BCUT2D eigenvalue weighted by atomic mass is 9.95. The van der Waals surface area contributed by atoms with Gasteiger partial charge in [0, 0.05) is 11.0 Å². The molecule has 1 saturated carbocycles. The normalized spacial score (nSPS) is 17.2. The first-order chi connectivity index (χ1) is 8.53. The van der Waals surface area contributed by atoms with Crippen LogP contribution in [0.4, 0.5) is 0 Å². The Morgan fingerprint density at radius 2 is 2.21 bits per heavy atom. The monoisotopic (exact) mass is 346 g/mol. The van der Waals surface area contributed by atoms with Crippen molar-refractivity contribution in [1.82, 2.24) is 5.32 Å². The maximum absolute atomic E-state index is 12.0. The van der Waals surface area contributed by atoms with Gasteiger partial charge in [-0.25, -0.2) is 0 Å². The van der Waals surface area contributed by atoms with Crippen molar-refractivity contribution in [1.29, 1.82) is 0 Å². The van der Waals surface area contributed by atoms with Gasteiger partial charge in [-0.05, 0) is 43.4 Å². The van der Waals surface area contributed by atoms with Gasteiger partial charge in [0.1, 0.15) is 0 Å². The molecule has 19 heavy (non-hydrogen) atoms.